The van der Waals surface area contributed by atoms with Crippen molar-refractivity contribution in [1.82, 2.24) is 14.1 Å². The Labute approximate surface area is 324 Å². The molecule has 7 aromatic carbocycles. The Morgan fingerprint density at radius 2 is 1.23 bits per heavy atom. The van der Waals surface area contributed by atoms with E-state index in [4.69, 9.17) is 9.72 Å². The summed E-state index contributed by atoms with van der Waals surface area (Å²) in [4.78, 5) is 9.83. The molecule has 0 saturated carbocycles. The van der Waals surface area contributed by atoms with Crippen LogP contribution in [0.2, 0.25) is 0 Å². The average molecular weight is 724 g/mol. The zero-order chi connectivity index (χ0) is 37.3. The largest absolute Gasteiger partial charge is 0.457 e. The van der Waals surface area contributed by atoms with E-state index in [2.05, 4.69) is 197 Å². The van der Waals surface area contributed by atoms with E-state index >= 15 is 0 Å². The molecule has 1 aliphatic heterocycles. The van der Waals surface area contributed by atoms with Crippen molar-refractivity contribution >= 4 is 66.4 Å². The first-order valence-electron chi connectivity index (χ1n) is 19.0. The van der Waals surface area contributed by atoms with Gasteiger partial charge in [-0.2, -0.15) is 0 Å². The molecule has 0 unspecified atom stereocenters. The van der Waals surface area contributed by atoms with Gasteiger partial charge in [0.05, 0.1) is 27.9 Å². The van der Waals surface area contributed by atoms with Crippen LogP contribution in [0.15, 0.2) is 176 Å². The highest BCUT2D eigenvalue weighted by Crippen LogP contribution is 2.47. The van der Waals surface area contributed by atoms with Crippen molar-refractivity contribution in [3.63, 3.8) is 0 Å². The summed E-state index contributed by atoms with van der Waals surface area (Å²) in [6, 6.07) is 60.1. The van der Waals surface area contributed by atoms with Gasteiger partial charge in [0.2, 0.25) is 0 Å². The third-order valence-electron chi connectivity index (χ3n) is 11.3. The number of rotatable bonds is 6. The molecule has 3 aromatic heterocycles. The Balaban J connectivity index is 0.984. The van der Waals surface area contributed by atoms with Crippen LogP contribution < -0.4 is 14.5 Å². The number of nitrogens with zero attached hydrogens (tertiary/aromatic N) is 5. The number of ether oxygens (including phenoxy) is 1. The number of aromatic nitrogens is 3. The zero-order valence-corrected chi connectivity index (χ0v) is 31.1. The highest BCUT2D eigenvalue weighted by molar-refractivity contribution is 6.11. The minimum Gasteiger partial charge on any atom is -0.457 e. The van der Waals surface area contributed by atoms with Gasteiger partial charge in [-0.15, -0.1) is 0 Å². The topological polar surface area (TPSA) is 38.5 Å². The Kier molecular flexibility index (Phi) is 7.26. The van der Waals surface area contributed by atoms with E-state index in [1.165, 1.54) is 38.7 Å². The number of anilines is 4. The summed E-state index contributed by atoms with van der Waals surface area (Å²) in [5.41, 5.74) is 12.7. The molecule has 6 heteroatoms. The summed E-state index contributed by atoms with van der Waals surface area (Å²) in [6.07, 6.45) is 2.02. The number of hydrogen-bond donors (Lipinski definition) is 0. The van der Waals surface area contributed by atoms with Gasteiger partial charge in [0, 0.05) is 69.9 Å². The molecule has 0 bridgehead atoms. The number of benzene rings is 7. The highest BCUT2D eigenvalue weighted by atomic mass is 16.5. The second kappa shape index (κ2) is 12.6. The fourth-order valence-electron chi connectivity index (χ4n) is 8.56. The SMILES string of the molecule is Cc1ccc2c(c1)c1cnc(-n3c4ccccc4c4ccc(Oc5cccc(N6CN(c7ccccc7)c7ccc(-c8ccccc8)cc76)c5)cc43)cc1n2C. The fourth-order valence-corrected chi connectivity index (χ4v) is 8.56. The highest BCUT2D eigenvalue weighted by Gasteiger charge is 2.29. The van der Waals surface area contributed by atoms with Crippen molar-refractivity contribution in [3.8, 4) is 28.4 Å². The number of aryl methyl sites for hydroxylation is 2. The summed E-state index contributed by atoms with van der Waals surface area (Å²) in [6.45, 7) is 2.82. The maximum Gasteiger partial charge on any atom is 0.139 e. The smallest absolute Gasteiger partial charge is 0.139 e. The molecule has 0 fully saturated rings. The second-order valence-electron chi connectivity index (χ2n) is 14.7. The van der Waals surface area contributed by atoms with Gasteiger partial charge in [-0.25, -0.2) is 4.98 Å². The lowest BCUT2D eigenvalue weighted by Crippen LogP contribution is -2.23. The lowest BCUT2D eigenvalue weighted by Gasteiger charge is -2.22. The van der Waals surface area contributed by atoms with Gasteiger partial charge in [-0.1, -0.05) is 90.5 Å². The molecule has 0 saturated heterocycles. The molecule has 56 heavy (non-hydrogen) atoms. The Morgan fingerprint density at radius 3 is 2.11 bits per heavy atom. The Hall–Kier alpha value is -7.31. The maximum absolute atomic E-state index is 6.73. The predicted octanol–water partition coefficient (Wildman–Crippen LogP) is 12.8. The van der Waals surface area contributed by atoms with Crippen molar-refractivity contribution in [1.29, 1.82) is 0 Å². The van der Waals surface area contributed by atoms with Gasteiger partial charge in [0.25, 0.3) is 0 Å². The molecule has 0 N–H and O–H groups in total. The minimum atomic E-state index is 0.681. The first kappa shape index (κ1) is 32.1. The fraction of sp³-hybridized carbons (Fsp3) is 0.0600. The number of hydrogen-bond acceptors (Lipinski definition) is 4. The average Bonchev–Trinajstić information content (AvgIpc) is 3.88. The number of para-hydroxylation sites is 2. The van der Waals surface area contributed by atoms with E-state index in [1.54, 1.807) is 0 Å². The first-order valence-corrected chi connectivity index (χ1v) is 19.0. The molecule has 4 heterocycles. The zero-order valence-electron chi connectivity index (χ0n) is 31.1. The van der Waals surface area contributed by atoms with Gasteiger partial charge in [0.1, 0.15) is 24.0 Å². The monoisotopic (exact) mass is 723 g/mol. The number of fused-ring (bicyclic) bond motifs is 7. The molecule has 268 valence electrons. The van der Waals surface area contributed by atoms with Crippen LogP contribution in [-0.2, 0) is 7.05 Å². The summed E-state index contributed by atoms with van der Waals surface area (Å²) >= 11 is 0. The molecule has 1 aliphatic rings. The Morgan fingerprint density at radius 1 is 0.482 bits per heavy atom. The van der Waals surface area contributed by atoms with E-state index in [1.807, 2.05) is 12.3 Å². The van der Waals surface area contributed by atoms with Crippen molar-refractivity contribution in [3.05, 3.63) is 182 Å². The van der Waals surface area contributed by atoms with Crippen LogP contribution >= 0.6 is 0 Å². The van der Waals surface area contributed by atoms with Crippen LogP contribution in [0.25, 0.3) is 60.6 Å². The summed E-state index contributed by atoms with van der Waals surface area (Å²) in [5.74, 6) is 2.41. The maximum atomic E-state index is 6.73. The molecule has 0 spiro atoms. The van der Waals surface area contributed by atoms with E-state index < -0.39 is 0 Å². The van der Waals surface area contributed by atoms with Crippen LogP contribution in [0.3, 0.4) is 0 Å². The van der Waals surface area contributed by atoms with E-state index in [9.17, 15) is 0 Å². The van der Waals surface area contributed by atoms with Gasteiger partial charge in [0.15, 0.2) is 0 Å². The standard InChI is InChI=1S/C50H37N5O/c1-33-20-24-44-42(26-33)43-31-51-50(30-47(43)52(44)2)55-45-19-10-9-18-40(45)41-23-22-39(29-48(41)55)56-38-17-11-16-37(28-38)54-32-53(36-14-7-4-8-15-36)46-25-21-35(27-49(46)54)34-12-5-3-6-13-34/h3-31H,32H2,1-2H3. The van der Waals surface area contributed by atoms with Crippen molar-refractivity contribution in [2.24, 2.45) is 7.05 Å². The lowest BCUT2D eigenvalue weighted by atomic mass is 10.0. The summed E-state index contributed by atoms with van der Waals surface area (Å²) in [5, 5.41) is 4.71. The normalized spacial score (nSPS) is 12.7. The van der Waals surface area contributed by atoms with Gasteiger partial charge >= 0.3 is 0 Å². The molecule has 6 nitrogen and oxygen atoms in total. The summed E-state index contributed by atoms with van der Waals surface area (Å²) in [7, 11) is 2.14. The molecule has 10 aromatic rings. The third kappa shape index (κ3) is 5.14. The number of pyridine rings is 1. The molecule has 0 radical (unpaired) electrons. The van der Waals surface area contributed by atoms with Gasteiger partial charge in [-0.3, -0.25) is 4.57 Å². The minimum absolute atomic E-state index is 0.681. The molecule has 0 aliphatic carbocycles. The van der Waals surface area contributed by atoms with Crippen LogP contribution in [0.4, 0.5) is 22.7 Å². The van der Waals surface area contributed by atoms with Crippen LogP contribution in [0.5, 0.6) is 11.5 Å². The molecule has 11 rings (SSSR count). The lowest BCUT2D eigenvalue weighted by molar-refractivity contribution is 0.483. The van der Waals surface area contributed by atoms with Crippen molar-refractivity contribution in [2.45, 2.75) is 6.92 Å². The van der Waals surface area contributed by atoms with Crippen molar-refractivity contribution in [2.75, 3.05) is 16.5 Å². The first-order chi connectivity index (χ1) is 27.6. The van der Waals surface area contributed by atoms with Gasteiger partial charge in [-0.05, 0) is 84.8 Å². The third-order valence-corrected chi connectivity index (χ3v) is 11.3. The van der Waals surface area contributed by atoms with E-state index in [0.29, 0.717) is 6.67 Å². The second-order valence-corrected chi connectivity index (χ2v) is 14.7. The molecule has 0 atom stereocenters. The summed E-state index contributed by atoms with van der Waals surface area (Å²) < 4.78 is 11.3. The molecular weight excluding hydrogens is 687 g/mol. The van der Waals surface area contributed by atoms with Crippen LogP contribution in [-0.4, -0.2) is 20.8 Å². The predicted molar refractivity (Wildman–Crippen MR) is 231 cm³/mol. The van der Waals surface area contributed by atoms with Gasteiger partial charge < -0.3 is 19.1 Å². The Bertz CT molecular complexity index is 3130. The van der Waals surface area contributed by atoms with Crippen LogP contribution in [0.1, 0.15) is 5.56 Å². The molecular formula is C50H37N5O. The quantitative estimate of drug-likeness (QED) is 0.171. The van der Waals surface area contributed by atoms with Crippen LogP contribution in [0, 0.1) is 6.92 Å². The molecule has 0 amide bonds. The van der Waals surface area contributed by atoms with E-state index in [-0.39, 0.29) is 0 Å². The van der Waals surface area contributed by atoms with E-state index in [0.717, 1.165) is 61.7 Å². The van der Waals surface area contributed by atoms with Crippen molar-refractivity contribution < 1.29 is 4.74 Å².